The summed E-state index contributed by atoms with van der Waals surface area (Å²) < 4.78 is 10.9. The molecule has 0 amide bonds. The van der Waals surface area contributed by atoms with Crippen LogP contribution in [0.3, 0.4) is 0 Å². The highest BCUT2D eigenvalue weighted by molar-refractivity contribution is 5.05. The number of nitrogens with zero attached hydrogens (tertiary/aromatic N) is 2. The molecule has 1 aliphatic carbocycles. The van der Waals surface area contributed by atoms with E-state index in [1.807, 2.05) is 13.8 Å². The Balaban J connectivity index is 2.14. The van der Waals surface area contributed by atoms with E-state index in [1.165, 1.54) is 0 Å². The molecule has 1 atom stereocenters. The van der Waals surface area contributed by atoms with Crippen LogP contribution in [-0.2, 0) is 10.3 Å². The SMILES string of the molecule is CCOC(CC)c1noc(C2(N)CCCC2)n1. The van der Waals surface area contributed by atoms with Crippen molar-refractivity contribution in [2.45, 2.75) is 57.6 Å². The molecule has 1 unspecified atom stereocenters. The molecule has 2 N–H and O–H groups in total. The Morgan fingerprint density at radius 3 is 2.71 bits per heavy atom. The molecule has 1 heterocycles. The molecular formula is C12H21N3O2. The van der Waals surface area contributed by atoms with Gasteiger partial charge in [-0.1, -0.05) is 24.9 Å². The van der Waals surface area contributed by atoms with Crippen molar-refractivity contribution in [3.05, 3.63) is 11.7 Å². The van der Waals surface area contributed by atoms with Gasteiger partial charge in [0.25, 0.3) is 0 Å². The lowest BCUT2D eigenvalue weighted by Crippen LogP contribution is -2.33. The highest BCUT2D eigenvalue weighted by Gasteiger charge is 2.37. The largest absolute Gasteiger partial charge is 0.370 e. The van der Waals surface area contributed by atoms with Crippen LogP contribution < -0.4 is 5.73 Å². The lowest BCUT2D eigenvalue weighted by atomic mass is 9.99. The molecule has 5 heteroatoms. The van der Waals surface area contributed by atoms with Gasteiger partial charge < -0.3 is 15.0 Å². The monoisotopic (exact) mass is 239 g/mol. The van der Waals surface area contributed by atoms with Crippen molar-refractivity contribution < 1.29 is 9.26 Å². The number of nitrogens with two attached hydrogens (primary N) is 1. The molecule has 1 aromatic heterocycles. The summed E-state index contributed by atoms with van der Waals surface area (Å²) in [5.74, 6) is 1.20. The fourth-order valence-electron chi connectivity index (χ4n) is 2.36. The van der Waals surface area contributed by atoms with Crippen LogP contribution in [0, 0.1) is 0 Å². The van der Waals surface area contributed by atoms with Crippen LogP contribution in [0.15, 0.2) is 4.52 Å². The van der Waals surface area contributed by atoms with Crippen molar-refractivity contribution in [1.82, 2.24) is 10.1 Å². The van der Waals surface area contributed by atoms with E-state index in [-0.39, 0.29) is 6.10 Å². The maximum atomic E-state index is 6.27. The van der Waals surface area contributed by atoms with Crippen molar-refractivity contribution in [3.8, 4) is 0 Å². The van der Waals surface area contributed by atoms with Gasteiger partial charge in [0, 0.05) is 6.61 Å². The highest BCUT2D eigenvalue weighted by atomic mass is 16.5. The van der Waals surface area contributed by atoms with E-state index >= 15 is 0 Å². The predicted molar refractivity (Wildman–Crippen MR) is 63.3 cm³/mol. The summed E-state index contributed by atoms with van der Waals surface area (Å²) >= 11 is 0. The maximum absolute atomic E-state index is 6.27. The molecular weight excluding hydrogens is 218 g/mol. The molecule has 0 aliphatic heterocycles. The molecule has 0 radical (unpaired) electrons. The molecule has 2 rings (SSSR count). The van der Waals surface area contributed by atoms with Gasteiger partial charge in [0.1, 0.15) is 6.10 Å². The molecule has 5 nitrogen and oxygen atoms in total. The smallest absolute Gasteiger partial charge is 0.246 e. The van der Waals surface area contributed by atoms with Gasteiger partial charge >= 0.3 is 0 Å². The second-order valence-electron chi connectivity index (χ2n) is 4.67. The Bertz CT molecular complexity index is 358. The lowest BCUT2D eigenvalue weighted by Gasteiger charge is -2.17. The lowest BCUT2D eigenvalue weighted by molar-refractivity contribution is 0.0518. The van der Waals surface area contributed by atoms with Crippen LogP contribution in [0.5, 0.6) is 0 Å². The van der Waals surface area contributed by atoms with Crippen molar-refractivity contribution in [3.63, 3.8) is 0 Å². The summed E-state index contributed by atoms with van der Waals surface area (Å²) in [6.45, 7) is 4.66. The second-order valence-corrected chi connectivity index (χ2v) is 4.67. The standard InChI is InChI=1S/C12H21N3O2/c1-3-9(16-4-2)10-14-11(17-15-10)12(13)7-5-6-8-12/h9H,3-8,13H2,1-2H3. The first-order chi connectivity index (χ1) is 8.19. The molecule has 1 saturated carbocycles. The zero-order valence-electron chi connectivity index (χ0n) is 10.6. The molecule has 96 valence electrons. The Morgan fingerprint density at radius 1 is 1.41 bits per heavy atom. The van der Waals surface area contributed by atoms with Gasteiger partial charge in [-0.15, -0.1) is 0 Å². The minimum atomic E-state index is -0.407. The van der Waals surface area contributed by atoms with Crippen LogP contribution in [-0.4, -0.2) is 16.7 Å². The Morgan fingerprint density at radius 2 is 2.12 bits per heavy atom. The van der Waals surface area contributed by atoms with E-state index in [0.717, 1.165) is 32.1 Å². The van der Waals surface area contributed by atoms with Gasteiger partial charge in [-0.05, 0) is 26.2 Å². The Labute approximate surface area is 102 Å². The molecule has 1 aliphatic rings. The van der Waals surface area contributed by atoms with Gasteiger partial charge in [-0.3, -0.25) is 0 Å². The first-order valence-electron chi connectivity index (χ1n) is 6.44. The van der Waals surface area contributed by atoms with E-state index in [0.29, 0.717) is 18.3 Å². The Kier molecular flexibility index (Phi) is 3.79. The minimum absolute atomic E-state index is 0.0810. The quantitative estimate of drug-likeness (QED) is 0.853. The number of aromatic nitrogens is 2. The van der Waals surface area contributed by atoms with Gasteiger partial charge in [-0.2, -0.15) is 4.98 Å². The zero-order valence-corrected chi connectivity index (χ0v) is 10.6. The number of ether oxygens (including phenoxy) is 1. The summed E-state index contributed by atoms with van der Waals surface area (Å²) in [4.78, 5) is 4.43. The molecule has 17 heavy (non-hydrogen) atoms. The third-order valence-electron chi connectivity index (χ3n) is 3.39. The van der Waals surface area contributed by atoms with Gasteiger partial charge in [0.05, 0.1) is 5.54 Å². The number of hydrogen-bond acceptors (Lipinski definition) is 5. The second kappa shape index (κ2) is 5.14. The van der Waals surface area contributed by atoms with E-state index < -0.39 is 5.54 Å². The number of rotatable bonds is 5. The topological polar surface area (TPSA) is 74.2 Å². The van der Waals surface area contributed by atoms with Crippen LogP contribution in [0.2, 0.25) is 0 Å². The summed E-state index contributed by atoms with van der Waals surface area (Å²) in [6.07, 6.45) is 4.89. The summed E-state index contributed by atoms with van der Waals surface area (Å²) in [5, 5.41) is 4.00. The van der Waals surface area contributed by atoms with Crippen molar-refractivity contribution >= 4 is 0 Å². The molecule has 0 aromatic carbocycles. The van der Waals surface area contributed by atoms with Crippen LogP contribution >= 0.6 is 0 Å². The highest BCUT2D eigenvalue weighted by Crippen LogP contribution is 2.35. The van der Waals surface area contributed by atoms with Crippen molar-refractivity contribution in [1.29, 1.82) is 0 Å². The fourth-order valence-corrected chi connectivity index (χ4v) is 2.36. The predicted octanol–water partition coefficient (Wildman–Crippen LogP) is 2.29. The molecule has 1 fully saturated rings. The maximum Gasteiger partial charge on any atom is 0.246 e. The molecule has 0 spiro atoms. The van der Waals surface area contributed by atoms with Crippen LogP contribution in [0.1, 0.15) is 63.8 Å². The van der Waals surface area contributed by atoms with Gasteiger partial charge in [0.15, 0.2) is 0 Å². The van der Waals surface area contributed by atoms with Gasteiger partial charge in [-0.25, -0.2) is 0 Å². The fraction of sp³-hybridized carbons (Fsp3) is 0.833. The normalized spacial score (nSPS) is 20.6. The molecule has 0 bridgehead atoms. The number of hydrogen-bond donors (Lipinski definition) is 1. The van der Waals surface area contributed by atoms with E-state index in [4.69, 9.17) is 15.0 Å². The minimum Gasteiger partial charge on any atom is -0.370 e. The third-order valence-corrected chi connectivity index (χ3v) is 3.39. The van der Waals surface area contributed by atoms with E-state index in [9.17, 15) is 0 Å². The molecule has 1 aromatic rings. The van der Waals surface area contributed by atoms with Gasteiger partial charge in [0.2, 0.25) is 11.7 Å². The summed E-state index contributed by atoms with van der Waals surface area (Å²) in [6, 6.07) is 0. The average molecular weight is 239 g/mol. The first kappa shape index (κ1) is 12.5. The van der Waals surface area contributed by atoms with Crippen molar-refractivity contribution in [2.24, 2.45) is 5.73 Å². The van der Waals surface area contributed by atoms with E-state index in [1.54, 1.807) is 0 Å². The van der Waals surface area contributed by atoms with Crippen molar-refractivity contribution in [2.75, 3.05) is 6.61 Å². The molecule has 0 saturated heterocycles. The summed E-state index contributed by atoms with van der Waals surface area (Å²) in [7, 11) is 0. The Hall–Kier alpha value is -0.940. The zero-order chi connectivity index (χ0) is 12.3. The average Bonchev–Trinajstić information content (AvgIpc) is 2.95. The summed E-state index contributed by atoms with van der Waals surface area (Å²) in [5.41, 5.74) is 5.87. The van der Waals surface area contributed by atoms with Crippen LogP contribution in [0.4, 0.5) is 0 Å². The third kappa shape index (κ3) is 2.50. The van der Waals surface area contributed by atoms with Crippen LogP contribution in [0.25, 0.3) is 0 Å². The van der Waals surface area contributed by atoms with E-state index in [2.05, 4.69) is 10.1 Å². The first-order valence-corrected chi connectivity index (χ1v) is 6.44.